The van der Waals surface area contributed by atoms with Crippen LogP contribution >= 0.6 is 11.6 Å². The van der Waals surface area contributed by atoms with Crippen molar-refractivity contribution in [3.05, 3.63) is 63.2 Å². The Labute approximate surface area is 155 Å². The molecule has 0 spiro atoms. The van der Waals surface area contributed by atoms with Crippen molar-refractivity contribution in [1.29, 1.82) is 0 Å². The van der Waals surface area contributed by atoms with Gasteiger partial charge in [0.1, 0.15) is 10.7 Å². The average Bonchev–Trinajstić information content (AvgIpc) is 2.63. The lowest BCUT2D eigenvalue weighted by atomic mass is 10.1. The number of rotatable bonds is 5. The largest absolute Gasteiger partial charge is 0.370 e. The summed E-state index contributed by atoms with van der Waals surface area (Å²) in [7, 11) is -4.07. The molecule has 0 amide bonds. The zero-order chi connectivity index (χ0) is 18.7. The number of amidine groups is 1. The number of nitro benzene ring substituents is 1. The lowest BCUT2D eigenvalue weighted by Crippen LogP contribution is -2.30. The lowest BCUT2D eigenvalue weighted by molar-refractivity contribution is -0.385. The van der Waals surface area contributed by atoms with Crippen LogP contribution in [0.3, 0.4) is 0 Å². The highest BCUT2D eigenvalue weighted by atomic mass is 35.5. The topological polar surface area (TPSA) is 114 Å². The Bertz CT molecular complexity index is 974. The van der Waals surface area contributed by atoms with Crippen LogP contribution in [0.1, 0.15) is 12.0 Å². The summed E-state index contributed by atoms with van der Waals surface area (Å²) in [5, 5.41) is 14.0. The Morgan fingerprint density at radius 2 is 1.92 bits per heavy atom. The molecule has 3 rings (SSSR count). The quantitative estimate of drug-likeness (QED) is 0.597. The Balaban J connectivity index is 1.85. The van der Waals surface area contributed by atoms with E-state index >= 15 is 0 Å². The fourth-order valence-electron chi connectivity index (χ4n) is 2.44. The molecule has 2 aromatic carbocycles. The lowest BCUT2D eigenvalue weighted by Gasteiger charge is -2.15. The van der Waals surface area contributed by atoms with E-state index in [-0.39, 0.29) is 15.6 Å². The summed E-state index contributed by atoms with van der Waals surface area (Å²) in [5.41, 5.74) is 0.806. The first-order valence-electron chi connectivity index (χ1n) is 7.72. The number of nitro groups is 1. The molecule has 136 valence electrons. The molecule has 1 aliphatic rings. The van der Waals surface area contributed by atoms with E-state index in [0.29, 0.717) is 5.69 Å². The monoisotopic (exact) mass is 394 g/mol. The molecular formula is C16H15ClN4O4S. The molecule has 0 bridgehead atoms. The number of nitrogens with one attached hydrogen (secondary N) is 2. The third-order valence-corrected chi connectivity index (χ3v) is 5.59. The molecule has 0 saturated heterocycles. The molecule has 8 nitrogen and oxygen atoms in total. The highest BCUT2D eigenvalue weighted by Gasteiger charge is 2.22. The Hall–Kier alpha value is -2.65. The molecule has 0 atom stereocenters. The van der Waals surface area contributed by atoms with Gasteiger partial charge in [-0.2, -0.15) is 0 Å². The van der Waals surface area contributed by atoms with E-state index < -0.39 is 14.9 Å². The van der Waals surface area contributed by atoms with Crippen LogP contribution in [0.4, 0.5) is 11.4 Å². The molecule has 0 aliphatic carbocycles. The average molecular weight is 395 g/mol. The Morgan fingerprint density at radius 3 is 2.54 bits per heavy atom. The molecule has 26 heavy (non-hydrogen) atoms. The maximum Gasteiger partial charge on any atom is 0.270 e. The molecule has 0 radical (unpaired) electrons. The van der Waals surface area contributed by atoms with Crippen LogP contribution in [0.5, 0.6) is 0 Å². The van der Waals surface area contributed by atoms with Crippen LogP contribution in [0, 0.1) is 10.1 Å². The van der Waals surface area contributed by atoms with Crippen LogP contribution in [0.2, 0.25) is 5.02 Å². The van der Waals surface area contributed by atoms with Gasteiger partial charge in [-0.3, -0.25) is 19.8 Å². The van der Waals surface area contributed by atoms with E-state index in [1.807, 2.05) is 0 Å². The van der Waals surface area contributed by atoms with Crippen LogP contribution in [-0.4, -0.2) is 32.3 Å². The Morgan fingerprint density at radius 1 is 1.19 bits per heavy atom. The van der Waals surface area contributed by atoms with Crippen molar-refractivity contribution in [3.63, 3.8) is 0 Å². The molecule has 10 heteroatoms. The second kappa shape index (κ2) is 7.30. The summed E-state index contributed by atoms with van der Waals surface area (Å²) in [6, 6.07) is 9.93. The highest BCUT2D eigenvalue weighted by molar-refractivity contribution is 7.92. The van der Waals surface area contributed by atoms with Crippen molar-refractivity contribution in [3.8, 4) is 0 Å². The van der Waals surface area contributed by atoms with E-state index in [1.54, 1.807) is 24.3 Å². The zero-order valence-corrected chi connectivity index (χ0v) is 15.0. The van der Waals surface area contributed by atoms with Gasteiger partial charge >= 0.3 is 0 Å². The number of aliphatic imine (C=N–C) groups is 1. The van der Waals surface area contributed by atoms with E-state index in [2.05, 4.69) is 15.0 Å². The predicted molar refractivity (Wildman–Crippen MR) is 99.4 cm³/mol. The van der Waals surface area contributed by atoms with Crippen molar-refractivity contribution < 1.29 is 13.3 Å². The number of benzene rings is 2. The van der Waals surface area contributed by atoms with Crippen LogP contribution < -0.4 is 10.0 Å². The van der Waals surface area contributed by atoms with Gasteiger partial charge in [0.05, 0.1) is 9.95 Å². The van der Waals surface area contributed by atoms with Gasteiger partial charge in [0, 0.05) is 36.5 Å². The molecule has 2 aromatic rings. The van der Waals surface area contributed by atoms with E-state index in [1.165, 1.54) is 6.07 Å². The van der Waals surface area contributed by atoms with Gasteiger partial charge in [0.2, 0.25) is 0 Å². The standard InChI is InChI=1S/C16H15ClN4O4S/c17-14-7-6-13(21(22)23)10-15(14)26(24,25)20-12-4-2-11(3-5-12)16-18-8-1-9-19-16/h2-7,10,20H,1,8-9H2,(H,18,19). The van der Waals surface area contributed by atoms with Gasteiger partial charge in [-0.05, 0) is 36.8 Å². The zero-order valence-electron chi connectivity index (χ0n) is 13.5. The summed E-state index contributed by atoms with van der Waals surface area (Å²) in [4.78, 5) is 14.2. The second-order valence-corrected chi connectivity index (χ2v) is 7.62. The minimum Gasteiger partial charge on any atom is -0.370 e. The summed E-state index contributed by atoms with van der Waals surface area (Å²) >= 11 is 5.91. The van der Waals surface area contributed by atoms with Crippen molar-refractivity contribution in [2.45, 2.75) is 11.3 Å². The smallest absolute Gasteiger partial charge is 0.270 e. The maximum absolute atomic E-state index is 12.5. The molecular weight excluding hydrogens is 380 g/mol. The molecule has 1 heterocycles. The third-order valence-electron chi connectivity index (χ3n) is 3.72. The van der Waals surface area contributed by atoms with Gasteiger partial charge < -0.3 is 5.32 Å². The van der Waals surface area contributed by atoms with Crippen LogP contribution in [0.25, 0.3) is 0 Å². The normalized spacial score (nSPS) is 14.3. The molecule has 0 unspecified atom stereocenters. The van der Waals surface area contributed by atoms with Gasteiger partial charge in [-0.25, -0.2) is 8.42 Å². The summed E-state index contributed by atoms with van der Waals surface area (Å²) in [6.07, 6.45) is 0.978. The summed E-state index contributed by atoms with van der Waals surface area (Å²) in [5.74, 6) is 0.771. The minimum atomic E-state index is -4.07. The second-order valence-electron chi connectivity index (χ2n) is 5.57. The molecule has 0 saturated carbocycles. The van der Waals surface area contributed by atoms with Crippen LogP contribution in [0.15, 0.2) is 52.4 Å². The fraction of sp³-hybridized carbons (Fsp3) is 0.188. The summed E-state index contributed by atoms with van der Waals surface area (Å²) in [6.45, 7) is 1.60. The molecule has 0 aromatic heterocycles. The van der Waals surface area contributed by atoms with Crippen molar-refractivity contribution in [2.24, 2.45) is 4.99 Å². The number of halogens is 1. The van der Waals surface area contributed by atoms with E-state index in [4.69, 9.17) is 11.6 Å². The number of hydrogen-bond donors (Lipinski definition) is 2. The van der Waals surface area contributed by atoms with Gasteiger partial charge in [-0.1, -0.05) is 11.6 Å². The van der Waals surface area contributed by atoms with Gasteiger partial charge in [0.25, 0.3) is 15.7 Å². The minimum absolute atomic E-state index is 0.0968. The first kappa shape index (κ1) is 18.2. The molecule has 0 fully saturated rings. The molecule has 2 N–H and O–H groups in total. The predicted octanol–water partition coefficient (Wildman–Crippen LogP) is 2.79. The van der Waals surface area contributed by atoms with Crippen molar-refractivity contribution in [1.82, 2.24) is 5.32 Å². The first-order valence-corrected chi connectivity index (χ1v) is 9.58. The number of anilines is 1. The maximum atomic E-state index is 12.5. The van der Waals surface area contributed by atoms with E-state index in [9.17, 15) is 18.5 Å². The van der Waals surface area contributed by atoms with Gasteiger partial charge in [0.15, 0.2) is 0 Å². The van der Waals surface area contributed by atoms with Crippen LogP contribution in [-0.2, 0) is 10.0 Å². The highest BCUT2D eigenvalue weighted by Crippen LogP contribution is 2.28. The number of non-ortho nitro benzene ring substituents is 1. The van der Waals surface area contributed by atoms with Crippen molar-refractivity contribution in [2.75, 3.05) is 17.8 Å². The van der Waals surface area contributed by atoms with Crippen molar-refractivity contribution >= 4 is 38.8 Å². The SMILES string of the molecule is O=[N+]([O-])c1ccc(Cl)c(S(=O)(=O)Nc2ccc(C3=NCCCN3)cc2)c1. The van der Waals surface area contributed by atoms with E-state index in [0.717, 1.165) is 43.0 Å². The molecule has 1 aliphatic heterocycles. The number of sulfonamides is 1. The summed E-state index contributed by atoms with van der Waals surface area (Å²) < 4.78 is 27.4. The number of nitrogens with zero attached hydrogens (tertiary/aromatic N) is 2. The fourth-order valence-corrected chi connectivity index (χ4v) is 4.02. The third kappa shape index (κ3) is 3.94. The van der Waals surface area contributed by atoms with Gasteiger partial charge in [-0.15, -0.1) is 0 Å². The Kier molecular flexibility index (Phi) is 5.10. The first-order chi connectivity index (χ1) is 12.4. The number of hydrogen-bond acceptors (Lipinski definition) is 6.